The Morgan fingerprint density at radius 3 is 2.68 bits per heavy atom. The van der Waals surface area contributed by atoms with Crippen LogP contribution in [-0.4, -0.2) is 51.4 Å². The number of ether oxygens (including phenoxy) is 1. The number of carbonyl (C=O) groups is 2. The second kappa shape index (κ2) is 11.0. The standard InChI is InChI=1S/C32H29N7O5/c1-20-27-15-30(34-18-28(27)26-8-7-23(14-29(26)44-20)37-9-3-6-31(37)40)35-22-13-25(17-33-16-22)38-11-10-36(32(38)41)19-21-4-2-5-24(12-21)39(42)43/h2,4-5,7-8,12-18,20H,3,6,9-11,19H2,1H3,(H,34,35)/t20-/m0/s1. The van der Waals surface area contributed by atoms with E-state index >= 15 is 0 Å². The molecule has 2 fully saturated rings. The third kappa shape index (κ3) is 5.04. The number of nitro benzene ring substituents is 1. The average molecular weight is 592 g/mol. The summed E-state index contributed by atoms with van der Waals surface area (Å²) >= 11 is 0. The fourth-order valence-electron chi connectivity index (χ4n) is 6.02. The Bertz CT molecular complexity index is 1810. The molecule has 2 aromatic heterocycles. The van der Waals surface area contributed by atoms with Crippen LogP contribution in [0.5, 0.6) is 5.75 Å². The zero-order valence-electron chi connectivity index (χ0n) is 24.0. The number of amides is 3. The predicted octanol–water partition coefficient (Wildman–Crippen LogP) is 5.82. The van der Waals surface area contributed by atoms with Crippen molar-refractivity contribution in [2.45, 2.75) is 32.4 Å². The van der Waals surface area contributed by atoms with Gasteiger partial charge in [0.15, 0.2) is 0 Å². The Morgan fingerprint density at radius 1 is 0.977 bits per heavy atom. The Labute approximate surface area is 253 Å². The summed E-state index contributed by atoms with van der Waals surface area (Å²) in [6.45, 7) is 3.95. The van der Waals surface area contributed by atoms with Crippen LogP contribution in [0.4, 0.5) is 33.4 Å². The Hall–Kier alpha value is -5.52. The molecule has 4 aromatic rings. The Kier molecular flexibility index (Phi) is 6.80. The molecule has 12 nitrogen and oxygen atoms in total. The minimum atomic E-state index is -0.440. The monoisotopic (exact) mass is 591 g/mol. The van der Waals surface area contributed by atoms with Crippen LogP contribution >= 0.6 is 0 Å². The molecule has 3 amide bonds. The molecule has 0 bridgehead atoms. The van der Waals surface area contributed by atoms with E-state index in [0.717, 1.165) is 41.1 Å². The number of fused-ring (bicyclic) bond motifs is 3. The predicted molar refractivity (Wildman–Crippen MR) is 164 cm³/mol. The number of non-ortho nitro benzene ring substituents is 1. The fourth-order valence-corrected chi connectivity index (χ4v) is 6.02. The van der Waals surface area contributed by atoms with Gasteiger partial charge in [0.1, 0.15) is 17.7 Å². The van der Waals surface area contributed by atoms with Crippen molar-refractivity contribution in [3.63, 3.8) is 0 Å². The van der Waals surface area contributed by atoms with Gasteiger partial charge in [-0.1, -0.05) is 12.1 Å². The zero-order valence-corrected chi connectivity index (χ0v) is 24.0. The highest BCUT2D eigenvalue weighted by molar-refractivity contribution is 5.96. The van der Waals surface area contributed by atoms with Crippen LogP contribution in [0.25, 0.3) is 11.1 Å². The fraction of sp³-hybridized carbons (Fsp3) is 0.250. The van der Waals surface area contributed by atoms with E-state index in [1.54, 1.807) is 34.3 Å². The summed E-state index contributed by atoms with van der Waals surface area (Å²) < 4.78 is 6.28. The van der Waals surface area contributed by atoms with Crippen molar-refractivity contribution in [2.24, 2.45) is 0 Å². The van der Waals surface area contributed by atoms with Gasteiger partial charge >= 0.3 is 6.03 Å². The number of anilines is 4. The molecule has 3 aliphatic heterocycles. The van der Waals surface area contributed by atoms with Crippen LogP contribution in [0.3, 0.4) is 0 Å². The van der Waals surface area contributed by atoms with Gasteiger partial charge in [-0.3, -0.25) is 24.8 Å². The van der Waals surface area contributed by atoms with Gasteiger partial charge in [-0.05, 0) is 43.2 Å². The number of nitrogens with one attached hydrogen (secondary N) is 1. The lowest BCUT2D eigenvalue weighted by molar-refractivity contribution is -0.384. The average Bonchev–Trinajstić information content (AvgIpc) is 3.62. The maximum Gasteiger partial charge on any atom is 0.324 e. The summed E-state index contributed by atoms with van der Waals surface area (Å²) in [7, 11) is 0. The molecule has 0 saturated carbocycles. The first kappa shape index (κ1) is 27.3. The Morgan fingerprint density at radius 2 is 1.86 bits per heavy atom. The van der Waals surface area contributed by atoms with Crippen LogP contribution in [0.15, 0.2) is 73.2 Å². The molecular formula is C32H29N7O5. The Balaban J connectivity index is 1.07. The number of nitrogens with zero attached hydrogens (tertiary/aromatic N) is 6. The number of aromatic nitrogens is 2. The second-order valence-electron chi connectivity index (χ2n) is 11.1. The van der Waals surface area contributed by atoms with Crippen molar-refractivity contribution in [3.05, 3.63) is 94.4 Å². The summed E-state index contributed by atoms with van der Waals surface area (Å²) in [5.74, 6) is 1.48. The molecule has 5 heterocycles. The molecular weight excluding hydrogens is 562 g/mol. The smallest absolute Gasteiger partial charge is 0.324 e. The van der Waals surface area contributed by atoms with Gasteiger partial charge in [-0.15, -0.1) is 0 Å². The van der Waals surface area contributed by atoms with Crippen LogP contribution in [0, 0.1) is 10.1 Å². The van der Waals surface area contributed by atoms with Gasteiger partial charge in [0.25, 0.3) is 5.69 Å². The van der Waals surface area contributed by atoms with Gasteiger partial charge in [0, 0.05) is 79.4 Å². The summed E-state index contributed by atoms with van der Waals surface area (Å²) in [4.78, 5) is 50.3. The highest BCUT2D eigenvalue weighted by atomic mass is 16.6. The lowest BCUT2D eigenvalue weighted by atomic mass is 9.94. The van der Waals surface area contributed by atoms with Crippen molar-refractivity contribution >= 4 is 40.5 Å². The van der Waals surface area contributed by atoms with Gasteiger partial charge in [0.05, 0.1) is 28.7 Å². The number of nitro groups is 1. The van der Waals surface area contributed by atoms with Gasteiger partial charge in [0.2, 0.25) is 5.91 Å². The van der Waals surface area contributed by atoms with Crippen LogP contribution in [-0.2, 0) is 11.3 Å². The molecule has 1 atom stereocenters. The molecule has 3 aliphatic rings. The van der Waals surface area contributed by atoms with Crippen LogP contribution < -0.4 is 19.9 Å². The van der Waals surface area contributed by atoms with Crippen molar-refractivity contribution in [1.82, 2.24) is 14.9 Å². The maximum atomic E-state index is 13.2. The summed E-state index contributed by atoms with van der Waals surface area (Å²) in [5, 5.41) is 14.4. The number of hydrogen-bond donors (Lipinski definition) is 1. The third-order valence-electron chi connectivity index (χ3n) is 8.22. The summed E-state index contributed by atoms with van der Waals surface area (Å²) in [6, 6.07) is 15.8. The topological polar surface area (TPSA) is 134 Å². The first-order valence-electron chi connectivity index (χ1n) is 14.5. The lowest BCUT2D eigenvalue weighted by Gasteiger charge is -2.28. The first-order chi connectivity index (χ1) is 21.3. The molecule has 2 saturated heterocycles. The van der Waals surface area contributed by atoms with E-state index in [2.05, 4.69) is 15.3 Å². The molecule has 12 heteroatoms. The van der Waals surface area contributed by atoms with E-state index in [4.69, 9.17) is 4.74 Å². The SMILES string of the molecule is C[C@@H]1Oc2cc(N3CCCC3=O)ccc2-c2cnc(Nc3cncc(N4CCN(Cc5cccc([N+](=O)[O-])c5)C4=O)c3)cc21. The van der Waals surface area contributed by atoms with E-state index in [1.165, 1.54) is 12.1 Å². The summed E-state index contributed by atoms with van der Waals surface area (Å²) in [6.07, 6.45) is 6.34. The molecule has 0 radical (unpaired) electrons. The number of urea groups is 1. The largest absolute Gasteiger partial charge is 0.485 e. The normalized spacial score (nSPS) is 17.4. The molecule has 0 aliphatic carbocycles. The van der Waals surface area contributed by atoms with Crippen LogP contribution in [0.2, 0.25) is 0 Å². The van der Waals surface area contributed by atoms with Crippen molar-refractivity contribution in [2.75, 3.05) is 34.8 Å². The number of hydrogen-bond acceptors (Lipinski definition) is 8. The zero-order chi connectivity index (χ0) is 30.4. The third-order valence-corrected chi connectivity index (χ3v) is 8.22. The quantitative estimate of drug-likeness (QED) is 0.210. The van der Waals surface area contributed by atoms with E-state index in [-0.39, 0.29) is 30.3 Å². The van der Waals surface area contributed by atoms with Crippen molar-refractivity contribution in [3.8, 4) is 16.9 Å². The number of benzene rings is 2. The lowest BCUT2D eigenvalue weighted by Crippen LogP contribution is -2.31. The summed E-state index contributed by atoms with van der Waals surface area (Å²) in [5.41, 5.74) is 5.74. The van der Waals surface area contributed by atoms with Crippen LogP contribution in [0.1, 0.15) is 37.0 Å². The molecule has 0 spiro atoms. The molecule has 7 rings (SSSR count). The highest BCUT2D eigenvalue weighted by Crippen LogP contribution is 2.44. The van der Waals surface area contributed by atoms with Crippen molar-refractivity contribution < 1.29 is 19.2 Å². The molecule has 1 N–H and O–H groups in total. The van der Waals surface area contributed by atoms with Gasteiger partial charge in [-0.2, -0.15) is 0 Å². The molecule has 2 aromatic carbocycles. The number of rotatable bonds is 7. The first-order valence-corrected chi connectivity index (χ1v) is 14.5. The van der Waals surface area contributed by atoms with E-state index in [9.17, 15) is 19.7 Å². The molecule has 44 heavy (non-hydrogen) atoms. The van der Waals surface area contributed by atoms with E-state index < -0.39 is 4.92 Å². The highest BCUT2D eigenvalue weighted by Gasteiger charge is 2.31. The number of carbonyl (C=O) groups excluding carboxylic acids is 2. The second-order valence-corrected chi connectivity index (χ2v) is 11.1. The van der Waals surface area contributed by atoms with Gasteiger partial charge in [-0.25, -0.2) is 9.78 Å². The van der Waals surface area contributed by atoms with Crippen molar-refractivity contribution in [1.29, 1.82) is 0 Å². The van der Waals surface area contributed by atoms with E-state index in [0.29, 0.717) is 42.3 Å². The van der Waals surface area contributed by atoms with E-state index in [1.807, 2.05) is 48.4 Å². The minimum Gasteiger partial charge on any atom is -0.485 e. The molecule has 0 unspecified atom stereocenters. The van der Waals surface area contributed by atoms with Gasteiger partial charge < -0.3 is 19.9 Å². The number of pyridine rings is 2. The maximum absolute atomic E-state index is 13.2. The molecule has 222 valence electrons. The minimum absolute atomic E-state index is 0.000668.